The molecule has 2 atom stereocenters. The highest BCUT2D eigenvalue weighted by Crippen LogP contribution is 2.13. The van der Waals surface area contributed by atoms with Crippen molar-refractivity contribution in [2.75, 3.05) is 13.1 Å². The quantitative estimate of drug-likeness (QED) is 0.739. The van der Waals surface area contributed by atoms with Gasteiger partial charge >= 0.3 is 0 Å². The van der Waals surface area contributed by atoms with Crippen molar-refractivity contribution in [2.24, 2.45) is 11.1 Å². The van der Waals surface area contributed by atoms with Crippen molar-refractivity contribution in [3.63, 3.8) is 0 Å². The van der Waals surface area contributed by atoms with Crippen LogP contribution < -0.4 is 15.8 Å². The largest absolute Gasteiger partial charge is 0.348 e. The van der Waals surface area contributed by atoms with E-state index in [0.29, 0.717) is 17.0 Å². The van der Waals surface area contributed by atoms with E-state index < -0.39 is 10.0 Å². The average Bonchev–Trinajstić information content (AvgIpc) is 2.39. The highest BCUT2D eigenvalue weighted by Gasteiger charge is 2.23. The van der Waals surface area contributed by atoms with E-state index in [9.17, 15) is 13.2 Å². The third-order valence-corrected chi connectivity index (χ3v) is 4.44. The fraction of sp³-hybridized carbons (Fsp3) is 0.500. The Morgan fingerprint density at radius 1 is 1.48 bits per heavy atom. The Bertz CT molecular complexity index is 616. The molecule has 1 amide bonds. The monoisotopic (exact) mass is 311 g/mol. The van der Waals surface area contributed by atoms with E-state index in [1.54, 1.807) is 24.3 Å². The fourth-order valence-electron chi connectivity index (χ4n) is 2.47. The summed E-state index contributed by atoms with van der Waals surface area (Å²) in [6.45, 7) is 3.84. The smallest absolute Gasteiger partial charge is 0.251 e. The molecule has 0 spiro atoms. The predicted molar refractivity (Wildman–Crippen MR) is 81.2 cm³/mol. The third-order valence-electron chi connectivity index (χ3n) is 3.70. The molecular formula is C14H21N3O3S. The Balaban J connectivity index is 2.07. The van der Waals surface area contributed by atoms with Gasteiger partial charge in [0.25, 0.3) is 5.91 Å². The molecule has 1 aromatic rings. The molecule has 7 heteroatoms. The number of rotatable bonds is 4. The summed E-state index contributed by atoms with van der Waals surface area (Å²) in [6, 6.07) is 6.64. The van der Waals surface area contributed by atoms with Gasteiger partial charge in [-0.3, -0.25) is 4.79 Å². The topological polar surface area (TPSA) is 101 Å². The molecule has 0 aliphatic carbocycles. The van der Waals surface area contributed by atoms with Crippen molar-refractivity contribution in [1.29, 1.82) is 0 Å². The lowest BCUT2D eigenvalue weighted by Crippen LogP contribution is -2.50. The van der Waals surface area contributed by atoms with Gasteiger partial charge in [0.15, 0.2) is 0 Å². The molecule has 4 N–H and O–H groups in total. The number of carbonyl (C=O) groups is 1. The summed E-state index contributed by atoms with van der Waals surface area (Å²) < 4.78 is 22.2. The molecule has 2 unspecified atom stereocenters. The summed E-state index contributed by atoms with van der Waals surface area (Å²) in [5, 5.41) is 11.3. The third kappa shape index (κ3) is 4.80. The zero-order valence-corrected chi connectivity index (χ0v) is 12.8. The molecule has 1 saturated heterocycles. The van der Waals surface area contributed by atoms with Crippen molar-refractivity contribution in [3.8, 4) is 0 Å². The van der Waals surface area contributed by atoms with Crippen LogP contribution in [0.4, 0.5) is 0 Å². The van der Waals surface area contributed by atoms with Gasteiger partial charge in [-0.25, -0.2) is 13.6 Å². The van der Waals surface area contributed by atoms with Gasteiger partial charge in [-0.1, -0.05) is 19.1 Å². The molecule has 0 radical (unpaired) electrons. The van der Waals surface area contributed by atoms with Gasteiger partial charge in [-0.2, -0.15) is 0 Å². The summed E-state index contributed by atoms with van der Waals surface area (Å²) in [6.07, 6.45) is 1.02. The summed E-state index contributed by atoms with van der Waals surface area (Å²) in [5.74, 6) is -0.0372. The molecule has 116 valence electrons. The molecule has 21 heavy (non-hydrogen) atoms. The minimum atomic E-state index is -3.60. The zero-order valence-electron chi connectivity index (χ0n) is 12.0. The number of nitrogens with one attached hydrogen (secondary N) is 2. The lowest BCUT2D eigenvalue weighted by Gasteiger charge is -2.30. The first-order valence-electron chi connectivity index (χ1n) is 6.96. The van der Waals surface area contributed by atoms with Crippen LogP contribution in [0, 0.1) is 5.92 Å². The maximum atomic E-state index is 12.3. The lowest BCUT2D eigenvalue weighted by atomic mass is 9.94. The summed E-state index contributed by atoms with van der Waals surface area (Å²) in [7, 11) is -3.60. The minimum Gasteiger partial charge on any atom is -0.348 e. The lowest BCUT2D eigenvalue weighted by molar-refractivity contribution is 0.0915. The van der Waals surface area contributed by atoms with Crippen LogP contribution in [0.1, 0.15) is 29.3 Å². The highest BCUT2D eigenvalue weighted by molar-refractivity contribution is 7.88. The van der Waals surface area contributed by atoms with E-state index in [1.165, 1.54) is 0 Å². The molecule has 1 aliphatic heterocycles. The fourth-order valence-corrected chi connectivity index (χ4v) is 3.11. The number of sulfonamides is 1. The summed E-state index contributed by atoms with van der Waals surface area (Å²) >= 11 is 0. The van der Waals surface area contributed by atoms with Gasteiger partial charge in [0.05, 0.1) is 5.75 Å². The summed E-state index contributed by atoms with van der Waals surface area (Å²) in [4.78, 5) is 12.3. The molecule has 1 fully saturated rings. The maximum Gasteiger partial charge on any atom is 0.251 e. The molecule has 0 aromatic heterocycles. The van der Waals surface area contributed by atoms with Gasteiger partial charge in [0.1, 0.15) is 0 Å². The Kier molecular flexibility index (Phi) is 4.97. The van der Waals surface area contributed by atoms with E-state index in [2.05, 4.69) is 17.6 Å². The van der Waals surface area contributed by atoms with E-state index in [4.69, 9.17) is 5.14 Å². The second kappa shape index (κ2) is 6.55. The Labute approximate surface area is 125 Å². The Morgan fingerprint density at radius 2 is 2.24 bits per heavy atom. The SMILES string of the molecule is CC1CCNCC1NC(=O)c1cccc(CS(N)(=O)=O)c1. The van der Waals surface area contributed by atoms with Crippen molar-refractivity contribution in [1.82, 2.24) is 10.6 Å². The second-order valence-corrected chi connectivity index (χ2v) is 7.17. The first-order chi connectivity index (χ1) is 9.85. The molecular weight excluding hydrogens is 290 g/mol. The van der Waals surface area contributed by atoms with Gasteiger partial charge in [-0.15, -0.1) is 0 Å². The normalized spacial score (nSPS) is 22.8. The highest BCUT2D eigenvalue weighted by atomic mass is 32.2. The van der Waals surface area contributed by atoms with Crippen LogP contribution in [-0.4, -0.2) is 33.5 Å². The van der Waals surface area contributed by atoms with Crippen LogP contribution in [0.15, 0.2) is 24.3 Å². The van der Waals surface area contributed by atoms with E-state index in [-0.39, 0.29) is 17.7 Å². The van der Waals surface area contributed by atoms with Crippen LogP contribution in [-0.2, 0) is 15.8 Å². The molecule has 1 aromatic carbocycles. The van der Waals surface area contributed by atoms with Gasteiger partial charge < -0.3 is 10.6 Å². The van der Waals surface area contributed by atoms with E-state index in [0.717, 1.165) is 19.5 Å². The number of hydrogen-bond acceptors (Lipinski definition) is 4. The van der Waals surface area contributed by atoms with E-state index in [1.807, 2.05) is 0 Å². The number of piperidine rings is 1. The molecule has 6 nitrogen and oxygen atoms in total. The van der Waals surface area contributed by atoms with Crippen LogP contribution in [0.2, 0.25) is 0 Å². The number of nitrogens with two attached hydrogens (primary N) is 1. The van der Waals surface area contributed by atoms with Crippen LogP contribution in [0.3, 0.4) is 0 Å². The molecule has 1 heterocycles. The van der Waals surface area contributed by atoms with Gasteiger partial charge in [-0.05, 0) is 36.6 Å². The van der Waals surface area contributed by atoms with Gasteiger partial charge in [0.2, 0.25) is 10.0 Å². The predicted octanol–water partition coefficient (Wildman–Crippen LogP) is 0.203. The van der Waals surface area contributed by atoms with Gasteiger partial charge in [0, 0.05) is 18.2 Å². The van der Waals surface area contributed by atoms with Crippen molar-refractivity contribution in [2.45, 2.75) is 25.1 Å². The number of amides is 1. The maximum absolute atomic E-state index is 12.3. The number of primary sulfonamides is 1. The Hall–Kier alpha value is -1.44. The van der Waals surface area contributed by atoms with E-state index >= 15 is 0 Å². The van der Waals surface area contributed by atoms with Crippen LogP contribution in [0.25, 0.3) is 0 Å². The first kappa shape index (κ1) is 15.9. The summed E-state index contributed by atoms with van der Waals surface area (Å²) in [5.41, 5.74) is 0.967. The Morgan fingerprint density at radius 3 is 2.90 bits per heavy atom. The van der Waals surface area contributed by atoms with Crippen molar-refractivity contribution < 1.29 is 13.2 Å². The van der Waals surface area contributed by atoms with Crippen molar-refractivity contribution >= 4 is 15.9 Å². The molecule has 0 bridgehead atoms. The number of benzene rings is 1. The molecule has 2 rings (SSSR count). The van der Waals surface area contributed by atoms with Crippen LogP contribution >= 0.6 is 0 Å². The van der Waals surface area contributed by atoms with Crippen LogP contribution in [0.5, 0.6) is 0 Å². The average molecular weight is 311 g/mol. The molecule has 0 saturated carbocycles. The van der Waals surface area contributed by atoms with Crippen molar-refractivity contribution in [3.05, 3.63) is 35.4 Å². The second-order valence-electron chi connectivity index (χ2n) is 5.56. The first-order valence-corrected chi connectivity index (χ1v) is 8.68. The zero-order chi connectivity index (χ0) is 15.5. The molecule has 1 aliphatic rings. The number of carbonyl (C=O) groups excluding carboxylic acids is 1. The minimum absolute atomic E-state index is 0.0909. The standard InChI is InChI=1S/C14H21N3O3S/c1-10-5-6-16-8-13(10)17-14(18)12-4-2-3-11(7-12)9-21(15,19)20/h2-4,7,10,13,16H,5-6,8-9H2,1H3,(H,17,18)(H2,15,19,20). The number of hydrogen-bond donors (Lipinski definition) is 3.